The number of alkyl halides is 6. The van der Waals surface area contributed by atoms with Gasteiger partial charge in [-0.3, -0.25) is 24.4 Å². The molecule has 0 spiro atoms. The van der Waals surface area contributed by atoms with E-state index in [1.54, 1.807) is 24.5 Å². The molecule has 0 bridgehead atoms. The maximum atomic E-state index is 14.1. The average molecular weight is 1120 g/mol. The van der Waals surface area contributed by atoms with Gasteiger partial charge < -0.3 is 19.1 Å². The molecular formula is C53H68BClF8N10O5. The standard InChI is InChI=1S/C17H16F4N4O.C12H10F4N2O2.C9H15BN2O2.2C6H7N.3CH4.ClH/c18-14-13(2-6-23-15(14)17(19,20)21)16(26)24-7-3-12(4-8-24)25-9-11(10-25)1-5-22;13-9-8(1-4-17-10(9)12(14,15)16)11(20)18-5-2-7(19)3-6-18;1-8(2)9(3,4)14-10(13-8)7-5-11-12-6-7;2*7-5-4-6-2-1-3-6;;;;/h1-2,6,12H,3-4,7-10H2;1,4H,2-3,5-6H2;5-6H,1-4H3,(H,11,12);2*4H,1-3H2;3*1H4;1H. The number of pyridine rings is 2. The van der Waals surface area contributed by atoms with Crippen molar-refractivity contribution in [2.75, 3.05) is 39.3 Å². The van der Waals surface area contributed by atoms with E-state index in [9.17, 15) is 49.5 Å². The fourth-order valence-electron chi connectivity index (χ4n) is 7.87. The molecule has 3 aromatic rings. The van der Waals surface area contributed by atoms with Gasteiger partial charge >= 0.3 is 19.5 Å². The molecule has 4 saturated heterocycles. The number of aromatic amines is 1. The molecule has 78 heavy (non-hydrogen) atoms. The van der Waals surface area contributed by atoms with Crippen LogP contribution in [0, 0.1) is 45.6 Å². The molecule has 0 unspecified atom stereocenters. The number of carbonyl (C=O) groups excluding carboxylic acids is 3. The van der Waals surface area contributed by atoms with E-state index in [2.05, 4.69) is 25.1 Å². The monoisotopic (exact) mass is 1120 g/mol. The number of ketones is 1. The predicted molar refractivity (Wildman–Crippen MR) is 280 cm³/mol. The molecule has 426 valence electrons. The first-order valence-electron chi connectivity index (χ1n) is 23.7. The first kappa shape index (κ1) is 69.5. The van der Waals surface area contributed by atoms with E-state index in [1.165, 1.54) is 39.9 Å². The third kappa shape index (κ3) is 18.6. The van der Waals surface area contributed by atoms with E-state index < -0.39 is 58.3 Å². The number of piperidine rings is 2. The van der Waals surface area contributed by atoms with Crippen molar-refractivity contribution in [2.45, 2.75) is 144 Å². The maximum Gasteiger partial charge on any atom is 0.498 e. The van der Waals surface area contributed by atoms with Crippen molar-refractivity contribution in [3.05, 3.63) is 106 Å². The first-order valence-corrected chi connectivity index (χ1v) is 23.7. The van der Waals surface area contributed by atoms with E-state index in [0.29, 0.717) is 25.9 Å². The Labute approximate surface area is 457 Å². The Balaban J connectivity index is 0.000000520. The highest BCUT2D eigenvalue weighted by molar-refractivity contribution is 6.61. The third-order valence-electron chi connectivity index (χ3n) is 13.3. The largest absolute Gasteiger partial charge is 0.498 e. The lowest BCUT2D eigenvalue weighted by Crippen LogP contribution is -2.52. The van der Waals surface area contributed by atoms with E-state index >= 15 is 0 Å². The van der Waals surface area contributed by atoms with Crippen molar-refractivity contribution in [2.24, 2.45) is 0 Å². The molecule has 2 amide bonds. The van der Waals surface area contributed by atoms with Crippen LogP contribution < -0.4 is 5.46 Å². The summed E-state index contributed by atoms with van der Waals surface area (Å²) in [4.78, 5) is 46.1. The Morgan fingerprint density at radius 3 is 1.42 bits per heavy atom. The molecule has 7 heterocycles. The van der Waals surface area contributed by atoms with Crippen molar-refractivity contribution in [1.29, 1.82) is 15.8 Å². The lowest BCUT2D eigenvalue weighted by Gasteiger charge is -2.44. The van der Waals surface area contributed by atoms with Crippen LogP contribution in [0.5, 0.6) is 0 Å². The van der Waals surface area contributed by atoms with Gasteiger partial charge in [-0.2, -0.15) is 47.2 Å². The minimum absolute atomic E-state index is 0. The summed E-state index contributed by atoms with van der Waals surface area (Å²) in [5.74, 6) is -4.94. The average Bonchev–Trinajstić information content (AvgIpc) is 3.92. The predicted octanol–water partition coefficient (Wildman–Crippen LogP) is 10.9. The van der Waals surface area contributed by atoms with Crippen molar-refractivity contribution >= 4 is 42.6 Å². The first-order chi connectivity index (χ1) is 34.9. The number of nitriles is 3. The van der Waals surface area contributed by atoms with Crippen LogP contribution in [0.2, 0.25) is 0 Å². The fourth-order valence-corrected chi connectivity index (χ4v) is 7.87. The number of likely N-dealkylation sites (tertiary alicyclic amines) is 3. The summed E-state index contributed by atoms with van der Waals surface area (Å²) >= 11 is 0. The van der Waals surface area contributed by atoms with Crippen LogP contribution in [0.3, 0.4) is 0 Å². The van der Waals surface area contributed by atoms with Crippen LogP contribution in [-0.2, 0) is 26.5 Å². The number of rotatable bonds is 4. The van der Waals surface area contributed by atoms with Crippen molar-refractivity contribution in [3.63, 3.8) is 0 Å². The maximum absolute atomic E-state index is 14.1. The van der Waals surface area contributed by atoms with Crippen molar-refractivity contribution < 1.29 is 58.8 Å². The van der Waals surface area contributed by atoms with Gasteiger partial charge in [-0.25, -0.2) is 18.7 Å². The van der Waals surface area contributed by atoms with Gasteiger partial charge in [0.25, 0.3) is 11.8 Å². The summed E-state index contributed by atoms with van der Waals surface area (Å²) in [6.45, 7) is 10.4. The summed E-state index contributed by atoms with van der Waals surface area (Å²) in [6.07, 6.45) is 8.78. The summed E-state index contributed by atoms with van der Waals surface area (Å²) in [5, 5.41) is 31.4. The molecule has 3 aromatic heterocycles. The smallest absolute Gasteiger partial charge is 0.399 e. The SMILES string of the molecule is C.C.C.CC1(C)OB(c2cn[nH]c2)OC1(C)C.Cl.N#CC=C1CCC1.N#CC=C1CCC1.N#CC=C1CN(C2CCN(C(=O)c3ccnc(C(F)(F)F)c3F)CC2)C1.O=C1CCN(C(=O)c2ccnc(C(F)(F)F)c2F)CC1. The molecule has 0 aromatic carbocycles. The minimum atomic E-state index is -4.96. The van der Waals surface area contributed by atoms with Crippen LogP contribution in [0.25, 0.3) is 0 Å². The zero-order valence-electron chi connectivity index (χ0n) is 41.7. The second kappa shape index (κ2) is 30.6. The van der Waals surface area contributed by atoms with Crippen LogP contribution in [0.1, 0.15) is 146 Å². The number of nitrogens with zero attached hydrogens (tertiary/aromatic N) is 9. The van der Waals surface area contributed by atoms with Gasteiger partial charge in [0.2, 0.25) is 0 Å². The van der Waals surface area contributed by atoms with Gasteiger partial charge in [-0.15, -0.1) is 12.4 Å². The Kier molecular flexibility index (Phi) is 27.3. The van der Waals surface area contributed by atoms with Gasteiger partial charge in [0.15, 0.2) is 23.0 Å². The molecule has 2 aliphatic carbocycles. The lowest BCUT2D eigenvalue weighted by molar-refractivity contribution is -0.144. The molecular weight excluding hydrogens is 1050 g/mol. The number of hydrogen-bond donors (Lipinski definition) is 1. The molecule has 2 saturated carbocycles. The topological polar surface area (TPSA) is 205 Å². The summed E-state index contributed by atoms with van der Waals surface area (Å²) in [7, 11) is -0.307. The highest BCUT2D eigenvalue weighted by Crippen LogP contribution is 2.37. The molecule has 4 aliphatic heterocycles. The second-order valence-electron chi connectivity index (χ2n) is 18.9. The minimum Gasteiger partial charge on any atom is -0.399 e. The van der Waals surface area contributed by atoms with E-state index in [4.69, 9.17) is 25.1 Å². The summed E-state index contributed by atoms with van der Waals surface area (Å²) < 4.78 is 115. The van der Waals surface area contributed by atoms with Gasteiger partial charge in [-0.1, -0.05) is 33.4 Å². The number of hydrogen-bond acceptors (Lipinski definition) is 12. The van der Waals surface area contributed by atoms with E-state index in [1.807, 2.05) is 45.9 Å². The van der Waals surface area contributed by atoms with Gasteiger partial charge in [-0.05, 0) is 96.8 Å². The van der Waals surface area contributed by atoms with Crippen molar-refractivity contribution in [3.8, 4) is 18.2 Å². The van der Waals surface area contributed by atoms with E-state index in [-0.39, 0.29) is 90.8 Å². The van der Waals surface area contributed by atoms with E-state index in [0.717, 1.165) is 74.3 Å². The highest BCUT2D eigenvalue weighted by atomic mass is 35.5. The Bertz CT molecular complexity index is 2630. The number of amides is 2. The Hall–Kier alpha value is -6.52. The quantitative estimate of drug-likeness (QED) is 0.147. The van der Waals surface area contributed by atoms with Crippen LogP contribution in [0.15, 0.2) is 71.9 Å². The molecule has 6 fully saturated rings. The van der Waals surface area contributed by atoms with Gasteiger partial charge in [0.1, 0.15) is 5.78 Å². The number of nitrogens with one attached hydrogen (secondary N) is 1. The van der Waals surface area contributed by atoms with Gasteiger partial charge in [0, 0.05) is 107 Å². The van der Waals surface area contributed by atoms with Crippen LogP contribution in [-0.4, -0.2) is 116 Å². The fraction of sp³-hybridized carbons (Fsp3) is 0.528. The summed E-state index contributed by atoms with van der Waals surface area (Å²) in [5.41, 5.74) is -0.593. The molecule has 1 N–H and O–H groups in total. The third-order valence-corrected chi connectivity index (χ3v) is 13.3. The Morgan fingerprint density at radius 2 is 1.09 bits per heavy atom. The molecule has 15 nitrogen and oxygen atoms in total. The van der Waals surface area contributed by atoms with Gasteiger partial charge in [0.05, 0.1) is 40.5 Å². The molecule has 6 aliphatic rings. The lowest BCUT2D eigenvalue weighted by atomic mass is 9.82. The number of carbonyl (C=O) groups is 3. The number of H-pyrrole nitrogens is 1. The van der Waals surface area contributed by atoms with Crippen LogP contribution in [0.4, 0.5) is 35.1 Å². The Morgan fingerprint density at radius 1 is 0.692 bits per heavy atom. The molecule has 9 rings (SSSR count). The number of Topliss-reactive ketones (excluding diaryl/α,β-unsaturated/α-hetero) is 1. The molecule has 0 atom stereocenters. The molecule has 25 heteroatoms. The number of allylic oxidation sites excluding steroid dienone is 5. The summed E-state index contributed by atoms with van der Waals surface area (Å²) in [6, 6.07) is 8.14. The normalized spacial score (nSPS) is 18.0. The second-order valence-corrected chi connectivity index (χ2v) is 18.9. The molecule has 0 radical (unpaired) electrons. The zero-order chi connectivity index (χ0) is 54.4. The van der Waals surface area contributed by atoms with Crippen LogP contribution >= 0.6 is 12.4 Å². The number of halogens is 9. The highest BCUT2D eigenvalue weighted by Gasteiger charge is 2.52. The zero-order valence-corrected chi connectivity index (χ0v) is 42.5. The van der Waals surface area contributed by atoms with Crippen molar-refractivity contribution in [1.82, 2.24) is 34.9 Å². The number of aromatic nitrogens is 4.